The SMILES string of the molecule is CC(C)COc1ccccc1NC1CCC(C)C1. The van der Waals surface area contributed by atoms with Gasteiger partial charge in [0.25, 0.3) is 0 Å². The molecule has 1 aliphatic carbocycles. The molecule has 0 saturated heterocycles. The number of hydrogen-bond donors (Lipinski definition) is 1. The molecule has 2 atom stereocenters. The lowest BCUT2D eigenvalue weighted by molar-refractivity contribution is 0.272. The molecule has 0 aromatic heterocycles. The molecule has 1 N–H and O–H groups in total. The smallest absolute Gasteiger partial charge is 0.142 e. The van der Waals surface area contributed by atoms with Crippen LogP contribution in [0.2, 0.25) is 0 Å². The van der Waals surface area contributed by atoms with Gasteiger partial charge in [0.05, 0.1) is 12.3 Å². The van der Waals surface area contributed by atoms with E-state index in [1.165, 1.54) is 19.3 Å². The van der Waals surface area contributed by atoms with E-state index >= 15 is 0 Å². The maximum atomic E-state index is 5.87. The van der Waals surface area contributed by atoms with Gasteiger partial charge in [-0.05, 0) is 43.2 Å². The third kappa shape index (κ3) is 3.66. The van der Waals surface area contributed by atoms with Crippen molar-refractivity contribution in [3.05, 3.63) is 24.3 Å². The molecule has 2 rings (SSSR count). The molecule has 0 spiro atoms. The van der Waals surface area contributed by atoms with Crippen LogP contribution < -0.4 is 10.1 Å². The number of benzene rings is 1. The zero-order valence-corrected chi connectivity index (χ0v) is 11.8. The Morgan fingerprint density at radius 3 is 2.72 bits per heavy atom. The summed E-state index contributed by atoms with van der Waals surface area (Å²) in [5, 5.41) is 3.64. The van der Waals surface area contributed by atoms with Crippen LogP contribution in [0.4, 0.5) is 5.69 Å². The van der Waals surface area contributed by atoms with Gasteiger partial charge in [-0.1, -0.05) is 32.9 Å². The highest BCUT2D eigenvalue weighted by molar-refractivity contribution is 5.56. The zero-order chi connectivity index (χ0) is 13.0. The Labute approximate surface area is 111 Å². The van der Waals surface area contributed by atoms with Gasteiger partial charge in [-0.25, -0.2) is 0 Å². The first kappa shape index (κ1) is 13.3. The van der Waals surface area contributed by atoms with Crippen molar-refractivity contribution in [2.24, 2.45) is 11.8 Å². The maximum absolute atomic E-state index is 5.87. The van der Waals surface area contributed by atoms with Gasteiger partial charge >= 0.3 is 0 Å². The summed E-state index contributed by atoms with van der Waals surface area (Å²) in [6, 6.07) is 8.91. The van der Waals surface area contributed by atoms with Gasteiger partial charge in [0.1, 0.15) is 5.75 Å². The molecule has 1 aromatic carbocycles. The quantitative estimate of drug-likeness (QED) is 0.836. The second kappa shape index (κ2) is 6.12. The highest BCUT2D eigenvalue weighted by atomic mass is 16.5. The Bertz CT molecular complexity index is 375. The molecule has 18 heavy (non-hydrogen) atoms. The fraction of sp³-hybridized carbons (Fsp3) is 0.625. The van der Waals surface area contributed by atoms with Crippen molar-refractivity contribution in [1.29, 1.82) is 0 Å². The van der Waals surface area contributed by atoms with E-state index < -0.39 is 0 Å². The molecule has 1 saturated carbocycles. The second-order valence-corrected chi connectivity index (χ2v) is 5.96. The minimum atomic E-state index is 0.560. The maximum Gasteiger partial charge on any atom is 0.142 e. The van der Waals surface area contributed by atoms with Crippen molar-refractivity contribution >= 4 is 5.69 Å². The van der Waals surface area contributed by atoms with Gasteiger partial charge in [0.2, 0.25) is 0 Å². The van der Waals surface area contributed by atoms with Crippen LogP contribution in [0.5, 0.6) is 5.75 Å². The predicted molar refractivity (Wildman–Crippen MR) is 77.2 cm³/mol. The monoisotopic (exact) mass is 247 g/mol. The standard InChI is InChI=1S/C16H25NO/c1-12(2)11-18-16-7-5-4-6-15(16)17-14-9-8-13(3)10-14/h4-7,12-14,17H,8-11H2,1-3H3. The third-order valence-corrected chi connectivity index (χ3v) is 3.51. The number of rotatable bonds is 5. The number of hydrogen-bond acceptors (Lipinski definition) is 2. The van der Waals surface area contributed by atoms with Crippen LogP contribution in [0, 0.1) is 11.8 Å². The van der Waals surface area contributed by atoms with E-state index in [-0.39, 0.29) is 0 Å². The Morgan fingerprint density at radius 1 is 1.28 bits per heavy atom. The van der Waals surface area contributed by atoms with Gasteiger partial charge in [-0.3, -0.25) is 0 Å². The topological polar surface area (TPSA) is 21.3 Å². The first-order valence-electron chi connectivity index (χ1n) is 7.13. The van der Waals surface area contributed by atoms with Crippen molar-refractivity contribution in [3.8, 4) is 5.75 Å². The number of nitrogens with one attached hydrogen (secondary N) is 1. The molecule has 0 bridgehead atoms. The van der Waals surface area contributed by atoms with Crippen LogP contribution in [0.3, 0.4) is 0 Å². The first-order chi connectivity index (χ1) is 8.65. The van der Waals surface area contributed by atoms with Gasteiger partial charge < -0.3 is 10.1 Å². The highest BCUT2D eigenvalue weighted by Crippen LogP contribution is 2.31. The fourth-order valence-electron chi connectivity index (χ4n) is 2.53. The highest BCUT2D eigenvalue weighted by Gasteiger charge is 2.21. The molecule has 1 aromatic rings. The van der Waals surface area contributed by atoms with Crippen molar-refractivity contribution in [2.75, 3.05) is 11.9 Å². The molecule has 2 nitrogen and oxygen atoms in total. The second-order valence-electron chi connectivity index (χ2n) is 5.96. The molecule has 1 aliphatic rings. The first-order valence-corrected chi connectivity index (χ1v) is 7.13. The number of anilines is 1. The summed E-state index contributed by atoms with van der Waals surface area (Å²) >= 11 is 0. The Balaban J connectivity index is 1.98. The van der Waals surface area contributed by atoms with Crippen LogP contribution in [0.1, 0.15) is 40.0 Å². The molecule has 2 unspecified atom stereocenters. The zero-order valence-electron chi connectivity index (χ0n) is 11.8. The molecule has 1 fully saturated rings. The van der Waals surface area contributed by atoms with Crippen LogP contribution in [-0.4, -0.2) is 12.6 Å². The molecule has 0 aliphatic heterocycles. The Kier molecular flexibility index (Phi) is 4.51. The van der Waals surface area contributed by atoms with Crippen molar-refractivity contribution in [1.82, 2.24) is 0 Å². The van der Waals surface area contributed by atoms with Gasteiger partial charge in [-0.2, -0.15) is 0 Å². The van der Waals surface area contributed by atoms with E-state index in [0.29, 0.717) is 12.0 Å². The largest absolute Gasteiger partial charge is 0.491 e. The summed E-state index contributed by atoms with van der Waals surface area (Å²) in [7, 11) is 0. The predicted octanol–water partition coefficient (Wildman–Crippen LogP) is 4.32. The summed E-state index contributed by atoms with van der Waals surface area (Å²) in [6.45, 7) is 7.46. The molecule has 2 heteroatoms. The number of ether oxygens (including phenoxy) is 1. The van der Waals surface area contributed by atoms with E-state index in [9.17, 15) is 0 Å². The number of para-hydroxylation sites is 2. The molecule has 0 heterocycles. The molecule has 0 radical (unpaired) electrons. The van der Waals surface area contributed by atoms with Crippen molar-refractivity contribution < 1.29 is 4.74 Å². The normalized spacial score (nSPS) is 23.3. The van der Waals surface area contributed by atoms with E-state index in [2.05, 4.69) is 44.3 Å². The van der Waals surface area contributed by atoms with Crippen LogP contribution in [-0.2, 0) is 0 Å². The van der Waals surface area contributed by atoms with E-state index in [1.54, 1.807) is 0 Å². The average molecular weight is 247 g/mol. The van der Waals surface area contributed by atoms with Gasteiger partial charge in [-0.15, -0.1) is 0 Å². The minimum absolute atomic E-state index is 0.560. The third-order valence-electron chi connectivity index (χ3n) is 3.51. The lowest BCUT2D eigenvalue weighted by Gasteiger charge is -2.18. The Morgan fingerprint density at radius 2 is 2.06 bits per heavy atom. The molecule has 0 amide bonds. The summed E-state index contributed by atoms with van der Waals surface area (Å²) in [5.41, 5.74) is 1.15. The molecular formula is C16H25NO. The van der Waals surface area contributed by atoms with Crippen molar-refractivity contribution in [3.63, 3.8) is 0 Å². The van der Waals surface area contributed by atoms with Crippen molar-refractivity contribution in [2.45, 2.75) is 46.1 Å². The molecule has 100 valence electrons. The lowest BCUT2D eigenvalue weighted by atomic mass is 10.1. The Hall–Kier alpha value is -1.18. The molecular weight excluding hydrogens is 222 g/mol. The van der Waals surface area contributed by atoms with Crippen LogP contribution in [0.25, 0.3) is 0 Å². The summed E-state index contributed by atoms with van der Waals surface area (Å²) < 4.78 is 5.87. The van der Waals surface area contributed by atoms with Gasteiger partial charge in [0, 0.05) is 6.04 Å². The summed E-state index contributed by atoms with van der Waals surface area (Å²) in [4.78, 5) is 0. The summed E-state index contributed by atoms with van der Waals surface area (Å²) in [5.74, 6) is 2.40. The van der Waals surface area contributed by atoms with E-state index in [4.69, 9.17) is 4.74 Å². The minimum Gasteiger partial charge on any atom is -0.491 e. The average Bonchev–Trinajstić information content (AvgIpc) is 2.73. The van der Waals surface area contributed by atoms with Crippen LogP contribution in [0.15, 0.2) is 24.3 Å². The van der Waals surface area contributed by atoms with Crippen LogP contribution >= 0.6 is 0 Å². The lowest BCUT2D eigenvalue weighted by Crippen LogP contribution is -2.16. The van der Waals surface area contributed by atoms with E-state index in [0.717, 1.165) is 24.0 Å². The summed E-state index contributed by atoms with van der Waals surface area (Å²) in [6.07, 6.45) is 3.89. The fourth-order valence-corrected chi connectivity index (χ4v) is 2.53. The van der Waals surface area contributed by atoms with Gasteiger partial charge in [0.15, 0.2) is 0 Å². The van der Waals surface area contributed by atoms with E-state index in [1.807, 2.05) is 6.07 Å².